The number of ether oxygens (including phenoxy) is 1. The predicted octanol–water partition coefficient (Wildman–Crippen LogP) is 4.42. The number of benzene rings is 3. The number of H-pyrrole nitrogens is 1. The van der Waals surface area contributed by atoms with Crippen molar-refractivity contribution in [3.63, 3.8) is 0 Å². The van der Waals surface area contributed by atoms with Crippen molar-refractivity contribution in [2.24, 2.45) is 5.10 Å². The number of amides is 1. The highest BCUT2D eigenvalue weighted by Crippen LogP contribution is 2.31. The number of hydrogen-bond donors (Lipinski definition) is 4. The number of carbonyl (C=O) groups excluding carboxylic acids is 1. The molecule has 1 saturated heterocycles. The third-order valence-corrected chi connectivity index (χ3v) is 6.34. The third-order valence-electron chi connectivity index (χ3n) is 6.34. The number of hydrazine groups is 1. The number of aromatic amines is 1. The summed E-state index contributed by atoms with van der Waals surface area (Å²) in [6.07, 6.45) is 2.28. The summed E-state index contributed by atoms with van der Waals surface area (Å²) in [6, 6.07) is 23.8. The molecule has 5 rings (SSSR count). The second-order valence-corrected chi connectivity index (χ2v) is 8.89. The highest BCUT2D eigenvalue weighted by Gasteiger charge is 2.31. The molecule has 35 heavy (non-hydrogen) atoms. The smallest absolute Gasteiger partial charge is 0.258 e. The summed E-state index contributed by atoms with van der Waals surface area (Å²) in [5.74, 6) is 0.619. The molecule has 0 bridgehead atoms. The Kier molecular flexibility index (Phi) is 6.61. The zero-order chi connectivity index (χ0) is 24.2. The van der Waals surface area contributed by atoms with Crippen LogP contribution in [0.15, 0.2) is 77.9 Å². The van der Waals surface area contributed by atoms with Gasteiger partial charge in [-0.2, -0.15) is 5.10 Å². The van der Waals surface area contributed by atoms with Gasteiger partial charge >= 0.3 is 0 Å². The summed E-state index contributed by atoms with van der Waals surface area (Å²) in [7, 11) is 0. The van der Waals surface area contributed by atoms with Crippen molar-refractivity contribution in [1.82, 2.24) is 21.3 Å². The molecule has 4 aromatic rings. The Hall–Kier alpha value is -3.94. The van der Waals surface area contributed by atoms with Gasteiger partial charge in [-0.25, -0.2) is 16.3 Å². The number of aryl methyl sites for hydroxylation is 2. The van der Waals surface area contributed by atoms with Gasteiger partial charge in [0.1, 0.15) is 18.4 Å². The molecule has 2 unspecified atom stereocenters. The fraction of sp³-hybridized carbons (Fsp3) is 0.214. The Bertz CT molecular complexity index is 1360. The number of rotatable bonds is 7. The van der Waals surface area contributed by atoms with Gasteiger partial charge in [-0.3, -0.25) is 4.79 Å². The van der Waals surface area contributed by atoms with Gasteiger partial charge in [-0.15, -0.1) is 0 Å². The molecular formula is C28H29N5O2. The minimum Gasteiger partial charge on any atom is -0.489 e. The van der Waals surface area contributed by atoms with Crippen LogP contribution in [0.3, 0.4) is 0 Å². The Balaban J connectivity index is 1.20. The zero-order valence-corrected chi connectivity index (χ0v) is 19.8. The van der Waals surface area contributed by atoms with Crippen molar-refractivity contribution in [1.29, 1.82) is 0 Å². The lowest BCUT2D eigenvalue weighted by Gasteiger charge is -2.16. The molecule has 4 N–H and O–H groups in total. The van der Waals surface area contributed by atoms with E-state index in [-0.39, 0.29) is 11.9 Å². The molecule has 0 saturated carbocycles. The van der Waals surface area contributed by atoms with Crippen molar-refractivity contribution < 1.29 is 9.53 Å². The second-order valence-electron chi connectivity index (χ2n) is 8.89. The Morgan fingerprint density at radius 1 is 1.03 bits per heavy atom. The molecule has 7 nitrogen and oxygen atoms in total. The number of carbonyl (C=O) groups is 1. The minimum absolute atomic E-state index is 0.0557. The van der Waals surface area contributed by atoms with Gasteiger partial charge < -0.3 is 9.72 Å². The number of hydrazone groups is 1. The van der Waals surface area contributed by atoms with E-state index < -0.39 is 6.04 Å². The van der Waals surface area contributed by atoms with Crippen LogP contribution in [-0.4, -0.2) is 23.1 Å². The number of para-hydroxylation sites is 2. The van der Waals surface area contributed by atoms with E-state index in [1.165, 1.54) is 5.56 Å². The first-order valence-electron chi connectivity index (χ1n) is 11.8. The van der Waals surface area contributed by atoms with Gasteiger partial charge in [0.15, 0.2) is 0 Å². The Morgan fingerprint density at radius 2 is 1.80 bits per heavy atom. The molecule has 3 aromatic carbocycles. The molecule has 1 aliphatic heterocycles. The first-order chi connectivity index (χ1) is 17.1. The normalized spacial score (nSPS) is 17.8. The molecule has 2 heterocycles. The van der Waals surface area contributed by atoms with Gasteiger partial charge in [0, 0.05) is 27.7 Å². The predicted molar refractivity (Wildman–Crippen MR) is 138 cm³/mol. The van der Waals surface area contributed by atoms with Crippen molar-refractivity contribution in [3.05, 3.63) is 101 Å². The summed E-state index contributed by atoms with van der Waals surface area (Å²) in [5.41, 5.74) is 15.4. The molecule has 0 radical (unpaired) electrons. The molecule has 1 fully saturated rings. The van der Waals surface area contributed by atoms with Gasteiger partial charge in [0.05, 0.1) is 12.3 Å². The van der Waals surface area contributed by atoms with Crippen LogP contribution in [0.5, 0.6) is 5.75 Å². The molecule has 7 heteroatoms. The topological polar surface area (TPSA) is 90.5 Å². The lowest BCUT2D eigenvalue weighted by Crippen LogP contribution is -2.41. The van der Waals surface area contributed by atoms with E-state index in [0.29, 0.717) is 13.0 Å². The molecular weight excluding hydrogens is 438 g/mol. The van der Waals surface area contributed by atoms with Gasteiger partial charge in [-0.1, -0.05) is 66.2 Å². The number of nitrogens with one attached hydrogen (secondary N) is 4. The van der Waals surface area contributed by atoms with E-state index in [2.05, 4.69) is 57.6 Å². The van der Waals surface area contributed by atoms with Crippen LogP contribution in [0.2, 0.25) is 0 Å². The average Bonchev–Trinajstić information content (AvgIpc) is 3.49. The van der Waals surface area contributed by atoms with Crippen LogP contribution < -0.4 is 21.0 Å². The fourth-order valence-corrected chi connectivity index (χ4v) is 4.38. The van der Waals surface area contributed by atoms with E-state index in [4.69, 9.17) is 4.74 Å². The highest BCUT2D eigenvalue weighted by molar-refractivity contribution is 6.00. The standard InChI is InChI=1S/C28H29N5O2/c1-18-11-13-20(14-12-18)17-35-27-10-6-4-8-22(27)25-15-26(32-31-25)28(34)33-29-16-23-19(2)30-24-9-5-3-7-21(23)24/h3-14,16,25-26,30-32H,15,17H2,1-2H3,(H,33,34)/b29-16+. The van der Waals surface area contributed by atoms with Crippen molar-refractivity contribution >= 4 is 23.0 Å². The van der Waals surface area contributed by atoms with Crippen LogP contribution in [0.25, 0.3) is 10.9 Å². The summed E-state index contributed by atoms with van der Waals surface area (Å²) in [4.78, 5) is 16.1. The molecule has 0 spiro atoms. The first kappa shape index (κ1) is 22.8. The zero-order valence-electron chi connectivity index (χ0n) is 19.8. The maximum absolute atomic E-state index is 12.8. The van der Waals surface area contributed by atoms with Crippen molar-refractivity contribution in [2.45, 2.75) is 39.0 Å². The number of hydrogen-bond acceptors (Lipinski definition) is 5. The van der Waals surface area contributed by atoms with Crippen LogP contribution in [0.1, 0.15) is 40.4 Å². The van der Waals surface area contributed by atoms with E-state index in [9.17, 15) is 4.79 Å². The lowest BCUT2D eigenvalue weighted by molar-refractivity contribution is -0.122. The Morgan fingerprint density at radius 3 is 2.66 bits per heavy atom. The van der Waals surface area contributed by atoms with Gasteiger partial charge in [-0.05, 0) is 38.0 Å². The van der Waals surface area contributed by atoms with Crippen LogP contribution in [0.4, 0.5) is 0 Å². The van der Waals surface area contributed by atoms with E-state index >= 15 is 0 Å². The fourth-order valence-electron chi connectivity index (χ4n) is 4.38. The van der Waals surface area contributed by atoms with Crippen molar-refractivity contribution in [3.8, 4) is 5.75 Å². The maximum Gasteiger partial charge on any atom is 0.258 e. The molecule has 1 aliphatic rings. The monoisotopic (exact) mass is 467 g/mol. The molecule has 1 amide bonds. The van der Waals surface area contributed by atoms with Crippen LogP contribution in [0, 0.1) is 13.8 Å². The van der Waals surface area contributed by atoms with E-state index in [1.54, 1.807) is 6.21 Å². The minimum atomic E-state index is -0.411. The Labute approximate surface area is 204 Å². The second kappa shape index (κ2) is 10.1. The molecule has 1 aromatic heterocycles. The first-order valence-corrected chi connectivity index (χ1v) is 11.8. The van der Waals surface area contributed by atoms with Crippen molar-refractivity contribution in [2.75, 3.05) is 0 Å². The largest absolute Gasteiger partial charge is 0.489 e. The lowest BCUT2D eigenvalue weighted by atomic mass is 10.0. The third kappa shape index (κ3) is 5.11. The number of aromatic nitrogens is 1. The van der Waals surface area contributed by atoms with E-state index in [1.807, 2.05) is 55.5 Å². The SMILES string of the molecule is Cc1ccc(COc2ccccc2C2CC(C(=O)N/N=C/c3c(C)[nH]c4ccccc34)NN2)cc1. The summed E-state index contributed by atoms with van der Waals surface area (Å²) in [5, 5.41) is 5.29. The summed E-state index contributed by atoms with van der Waals surface area (Å²) < 4.78 is 6.13. The quantitative estimate of drug-likeness (QED) is 0.239. The van der Waals surface area contributed by atoms with Gasteiger partial charge in [0.2, 0.25) is 0 Å². The van der Waals surface area contributed by atoms with Gasteiger partial charge in [0.25, 0.3) is 5.91 Å². The average molecular weight is 468 g/mol. The summed E-state index contributed by atoms with van der Waals surface area (Å²) in [6.45, 7) is 4.55. The van der Waals surface area contributed by atoms with Crippen LogP contribution in [-0.2, 0) is 11.4 Å². The molecule has 178 valence electrons. The van der Waals surface area contributed by atoms with Crippen LogP contribution >= 0.6 is 0 Å². The molecule has 0 aliphatic carbocycles. The maximum atomic E-state index is 12.8. The number of nitrogens with zero attached hydrogens (tertiary/aromatic N) is 1. The summed E-state index contributed by atoms with van der Waals surface area (Å²) >= 11 is 0. The number of fused-ring (bicyclic) bond motifs is 1. The molecule has 2 atom stereocenters. The van der Waals surface area contributed by atoms with E-state index in [0.717, 1.165) is 39.0 Å². The highest BCUT2D eigenvalue weighted by atomic mass is 16.5.